The topological polar surface area (TPSA) is 64.3 Å². The molecule has 0 radical (unpaired) electrons. The molecule has 0 amide bonds. The monoisotopic (exact) mass is 294 g/mol. The van der Waals surface area contributed by atoms with Crippen LogP contribution in [0.15, 0.2) is 60.7 Å². The Labute approximate surface area is 130 Å². The van der Waals surface area contributed by atoms with E-state index in [0.29, 0.717) is 13.1 Å². The van der Waals surface area contributed by atoms with Crippen molar-refractivity contribution in [3.05, 3.63) is 71.8 Å². The number of aliphatic carboxylic acids is 1. The molecule has 0 aliphatic rings. The first-order chi connectivity index (χ1) is 10.7. The standard InChI is InChI=1S/C18H18N2O2/c19-11-17(18(21)22)14-20(12-15-7-3-1-4-8-15)13-16-9-5-2-6-10-16/h1-10,17H,12-14H2,(H,21,22). The van der Waals surface area contributed by atoms with Crippen LogP contribution in [0.4, 0.5) is 0 Å². The third-order valence-electron chi connectivity index (χ3n) is 3.39. The molecule has 0 saturated heterocycles. The summed E-state index contributed by atoms with van der Waals surface area (Å²) in [6, 6.07) is 21.6. The van der Waals surface area contributed by atoms with E-state index in [-0.39, 0.29) is 6.54 Å². The number of nitrogens with zero attached hydrogens (tertiary/aromatic N) is 2. The quantitative estimate of drug-likeness (QED) is 0.852. The summed E-state index contributed by atoms with van der Waals surface area (Å²) in [5, 5.41) is 18.1. The number of carboxylic acids is 1. The van der Waals surface area contributed by atoms with Crippen LogP contribution in [0.2, 0.25) is 0 Å². The molecular weight excluding hydrogens is 276 g/mol. The first-order valence-electron chi connectivity index (χ1n) is 7.11. The summed E-state index contributed by atoms with van der Waals surface area (Å²) in [4.78, 5) is 13.1. The highest BCUT2D eigenvalue weighted by atomic mass is 16.4. The van der Waals surface area contributed by atoms with Gasteiger partial charge in [-0.25, -0.2) is 0 Å². The van der Waals surface area contributed by atoms with Crippen molar-refractivity contribution in [3.63, 3.8) is 0 Å². The Hall–Kier alpha value is -2.64. The fourth-order valence-corrected chi connectivity index (χ4v) is 2.30. The molecule has 112 valence electrons. The minimum absolute atomic E-state index is 0.204. The summed E-state index contributed by atoms with van der Waals surface area (Å²) in [6.07, 6.45) is 0. The van der Waals surface area contributed by atoms with Crippen LogP contribution in [0.5, 0.6) is 0 Å². The van der Waals surface area contributed by atoms with Crippen LogP contribution < -0.4 is 0 Å². The summed E-state index contributed by atoms with van der Waals surface area (Å²) in [6.45, 7) is 1.43. The number of rotatable bonds is 7. The van der Waals surface area contributed by atoms with Gasteiger partial charge in [-0.05, 0) is 11.1 Å². The summed E-state index contributed by atoms with van der Waals surface area (Å²) >= 11 is 0. The van der Waals surface area contributed by atoms with Crippen molar-refractivity contribution < 1.29 is 9.90 Å². The van der Waals surface area contributed by atoms with Gasteiger partial charge in [0, 0.05) is 19.6 Å². The highest BCUT2D eigenvalue weighted by Gasteiger charge is 2.20. The maximum atomic E-state index is 11.1. The average Bonchev–Trinajstić information content (AvgIpc) is 2.54. The molecule has 0 aromatic heterocycles. The first kappa shape index (κ1) is 15.7. The van der Waals surface area contributed by atoms with Gasteiger partial charge in [-0.3, -0.25) is 9.69 Å². The van der Waals surface area contributed by atoms with Crippen molar-refractivity contribution in [2.75, 3.05) is 6.54 Å². The van der Waals surface area contributed by atoms with Crippen LogP contribution in [0, 0.1) is 17.2 Å². The van der Waals surface area contributed by atoms with Gasteiger partial charge in [0.2, 0.25) is 0 Å². The smallest absolute Gasteiger partial charge is 0.322 e. The molecule has 1 atom stereocenters. The van der Waals surface area contributed by atoms with Crippen molar-refractivity contribution in [2.24, 2.45) is 5.92 Å². The Kier molecular flexibility index (Phi) is 5.70. The summed E-state index contributed by atoms with van der Waals surface area (Å²) in [5.74, 6) is -2.10. The van der Waals surface area contributed by atoms with Crippen molar-refractivity contribution in [1.82, 2.24) is 4.90 Å². The number of carboxylic acid groups (broad SMARTS) is 1. The van der Waals surface area contributed by atoms with E-state index in [2.05, 4.69) is 0 Å². The van der Waals surface area contributed by atoms with Crippen LogP contribution in [0.3, 0.4) is 0 Å². The van der Waals surface area contributed by atoms with Crippen LogP contribution in [0.1, 0.15) is 11.1 Å². The van der Waals surface area contributed by atoms with E-state index in [4.69, 9.17) is 10.4 Å². The molecule has 0 fully saturated rings. The summed E-state index contributed by atoms with van der Waals surface area (Å²) in [5.41, 5.74) is 2.20. The number of carbonyl (C=O) groups is 1. The lowest BCUT2D eigenvalue weighted by atomic mass is 10.1. The van der Waals surface area contributed by atoms with Crippen molar-refractivity contribution in [3.8, 4) is 6.07 Å². The molecule has 0 heterocycles. The third-order valence-corrected chi connectivity index (χ3v) is 3.39. The van der Waals surface area contributed by atoms with Gasteiger partial charge in [-0.2, -0.15) is 5.26 Å². The molecule has 4 heteroatoms. The molecule has 2 aromatic rings. The second-order valence-electron chi connectivity index (χ2n) is 5.16. The van der Waals surface area contributed by atoms with Gasteiger partial charge in [0.25, 0.3) is 0 Å². The van der Waals surface area contributed by atoms with Crippen LogP contribution >= 0.6 is 0 Å². The molecule has 1 N–H and O–H groups in total. The number of benzene rings is 2. The zero-order valence-electron chi connectivity index (χ0n) is 12.2. The summed E-state index contributed by atoms with van der Waals surface area (Å²) in [7, 11) is 0. The molecule has 0 spiro atoms. The maximum Gasteiger partial charge on any atom is 0.322 e. The van der Waals surface area contributed by atoms with E-state index in [1.165, 1.54) is 0 Å². The molecule has 4 nitrogen and oxygen atoms in total. The van der Waals surface area contributed by atoms with Gasteiger partial charge >= 0.3 is 5.97 Å². The highest BCUT2D eigenvalue weighted by Crippen LogP contribution is 2.12. The molecule has 0 saturated carbocycles. The number of hydrogen-bond acceptors (Lipinski definition) is 3. The minimum atomic E-state index is -1.08. The SMILES string of the molecule is N#CC(CN(Cc1ccccc1)Cc1ccccc1)C(=O)O. The van der Waals surface area contributed by atoms with Gasteiger partial charge in [-0.1, -0.05) is 60.7 Å². The van der Waals surface area contributed by atoms with Gasteiger partial charge in [0.1, 0.15) is 0 Å². The second-order valence-corrected chi connectivity index (χ2v) is 5.16. The van der Waals surface area contributed by atoms with E-state index in [1.54, 1.807) is 0 Å². The molecule has 0 aliphatic carbocycles. The van der Waals surface area contributed by atoms with E-state index in [9.17, 15) is 4.79 Å². The molecule has 1 unspecified atom stereocenters. The summed E-state index contributed by atoms with van der Waals surface area (Å²) < 4.78 is 0. The Morgan fingerprint density at radius 3 is 1.82 bits per heavy atom. The fraction of sp³-hybridized carbons (Fsp3) is 0.222. The lowest BCUT2D eigenvalue weighted by molar-refractivity contribution is -0.140. The normalized spacial score (nSPS) is 11.8. The van der Waals surface area contributed by atoms with Crippen LogP contribution in [-0.2, 0) is 17.9 Å². The minimum Gasteiger partial charge on any atom is -0.480 e. The van der Waals surface area contributed by atoms with E-state index in [1.807, 2.05) is 71.6 Å². The number of hydrogen-bond donors (Lipinski definition) is 1. The molecule has 0 bridgehead atoms. The van der Waals surface area contributed by atoms with Crippen molar-refractivity contribution >= 4 is 5.97 Å². The van der Waals surface area contributed by atoms with Crippen LogP contribution in [0.25, 0.3) is 0 Å². The van der Waals surface area contributed by atoms with E-state index in [0.717, 1.165) is 11.1 Å². The third kappa shape index (κ3) is 4.72. The Bertz CT molecular complexity index is 594. The Morgan fingerprint density at radius 1 is 1.00 bits per heavy atom. The van der Waals surface area contributed by atoms with Crippen LogP contribution in [-0.4, -0.2) is 22.5 Å². The zero-order chi connectivity index (χ0) is 15.8. The molecule has 2 aromatic carbocycles. The first-order valence-corrected chi connectivity index (χ1v) is 7.11. The average molecular weight is 294 g/mol. The lowest BCUT2D eigenvalue weighted by Crippen LogP contribution is -2.32. The Balaban J connectivity index is 2.13. The predicted molar refractivity (Wildman–Crippen MR) is 83.7 cm³/mol. The lowest BCUT2D eigenvalue weighted by Gasteiger charge is -2.23. The van der Waals surface area contributed by atoms with Crippen molar-refractivity contribution in [2.45, 2.75) is 13.1 Å². The largest absolute Gasteiger partial charge is 0.480 e. The maximum absolute atomic E-state index is 11.1. The predicted octanol–water partition coefficient (Wildman–Crippen LogP) is 2.91. The van der Waals surface area contributed by atoms with Gasteiger partial charge in [0.15, 0.2) is 5.92 Å². The number of nitriles is 1. The fourth-order valence-electron chi connectivity index (χ4n) is 2.30. The highest BCUT2D eigenvalue weighted by molar-refractivity contribution is 5.73. The van der Waals surface area contributed by atoms with E-state index < -0.39 is 11.9 Å². The van der Waals surface area contributed by atoms with Crippen molar-refractivity contribution in [1.29, 1.82) is 5.26 Å². The Morgan fingerprint density at radius 2 is 1.45 bits per heavy atom. The van der Waals surface area contributed by atoms with Gasteiger partial charge in [0.05, 0.1) is 6.07 Å². The zero-order valence-corrected chi connectivity index (χ0v) is 12.2. The molecule has 22 heavy (non-hydrogen) atoms. The molecule has 0 aliphatic heterocycles. The van der Waals surface area contributed by atoms with E-state index >= 15 is 0 Å². The second kappa shape index (κ2) is 7.96. The van der Waals surface area contributed by atoms with Gasteiger partial charge < -0.3 is 5.11 Å². The molecular formula is C18H18N2O2. The van der Waals surface area contributed by atoms with Gasteiger partial charge in [-0.15, -0.1) is 0 Å². The molecule has 2 rings (SSSR count).